The van der Waals surface area contributed by atoms with Crippen molar-refractivity contribution in [2.75, 3.05) is 17.2 Å². The number of rotatable bonds is 5. The molecule has 7 heteroatoms. The zero-order valence-corrected chi connectivity index (χ0v) is 10.6. The first-order valence-electron chi connectivity index (χ1n) is 5.46. The molecule has 2 aromatic rings. The van der Waals surface area contributed by atoms with Crippen LogP contribution in [0.5, 0.6) is 0 Å². The van der Waals surface area contributed by atoms with Crippen LogP contribution in [0.15, 0.2) is 36.4 Å². The lowest BCUT2D eigenvalue weighted by atomic mass is 10.3. The van der Waals surface area contributed by atoms with E-state index in [1.54, 1.807) is 6.07 Å². The van der Waals surface area contributed by atoms with Crippen LogP contribution in [0.3, 0.4) is 0 Å². The molecule has 1 heterocycles. The van der Waals surface area contributed by atoms with Gasteiger partial charge in [-0.15, -0.1) is 0 Å². The van der Waals surface area contributed by atoms with E-state index in [1.165, 1.54) is 0 Å². The molecule has 0 aliphatic rings. The highest BCUT2D eigenvalue weighted by Crippen LogP contribution is 2.18. The number of benzene rings is 1. The van der Waals surface area contributed by atoms with E-state index in [9.17, 15) is 4.79 Å². The van der Waals surface area contributed by atoms with Crippen molar-refractivity contribution in [2.45, 2.75) is 0 Å². The topological polar surface area (TPSA) is 87.1 Å². The SMILES string of the molecule is O=C(O)CNc1nc(Cl)cc(Nc2ccccc2)n1. The lowest BCUT2D eigenvalue weighted by molar-refractivity contribution is -0.134. The van der Waals surface area contributed by atoms with Crippen molar-refractivity contribution in [3.63, 3.8) is 0 Å². The molecule has 0 atom stereocenters. The maximum Gasteiger partial charge on any atom is 0.322 e. The van der Waals surface area contributed by atoms with E-state index in [0.717, 1.165) is 5.69 Å². The average molecular weight is 279 g/mol. The first kappa shape index (κ1) is 13.1. The smallest absolute Gasteiger partial charge is 0.322 e. The number of carbonyl (C=O) groups is 1. The molecule has 19 heavy (non-hydrogen) atoms. The number of carboxylic acids is 1. The van der Waals surface area contributed by atoms with Crippen LogP contribution in [0.25, 0.3) is 0 Å². The molecule has 3 N–H and O–H groups in total. The molecule has 98 valence electrons. The fraction of sp³-hybridized carbons (Fsp3) is 0.0833. The van der Waals surface area contributed by atoms with Crippen molar-refractivity contribution in [1.29, 1.82) is 0 Å². The summed E-state index contributed by atoms with van der Waals surface area (Å²) in [5.41, 5.74) is 0.849. The van der Waals surface area contributed by atoms with Crippen LogP contribution in [0.2, 0.25) is 5.15 Å². The standard InChI is InChI=1S/C12H11ClN4O2/c13-9-6-10(15-8-4-2-1-3-5-8)17-12(16-9)14-7-11(18)19/h1-6H,7H2,(H,18,19)(H2,14,15,16,17). The summed E-state index contributed by atoms with van der Waals surface area (Å²) in [5, 5.41) is 14.4. The van der Waals surface area contributed by atoms with Crippen molar-refractivity contribution in [1.82, 2.24) is 9.97 Å². The second-order valence-electron chi connectivity index (χ2n) is 3.64. The van der Waals surface area contributed by atoms with Gasteiger partial charge in [0.1, 0.15) is 17.5 Å². The summed E-state index contributed by atoms with van der Waals surface area (Å²) >= 11 is 5.85. The number of halogens is 1. The van der Waals surface area contributed by atoms with E-state index < -0.39 is 5.97 Å². The van der Waals surface area contributed by atoms with Crippen LogP contribution in [0, 0.1) is 0 Å². The lowest BCUT2D eigenvalue weighted by Crippen LogP contribution is -2.14. The number of nitrogens with one attached hydrogen (secondary N) is 2. The van der Waals surface area contributed by atoms with Gasteiger partial charge in [0.2, 0.25) is 5.95 Å². The van der Waals surface area contributed by atoms with E-state index in [4.69, 9.17) is 16.7 Å². The molecule has 6 nitrogen and oxygen atoms in total. The Labute approximate surface area is 114 Å². The van der Waals surface area contributed by atoms with Crippen molar-refractivity contribution < 1.29 is 9.90 Å². The van der Waals surface area contributed by atoms with Crippen LogP contribution in [-0.2, 0) is 4.79 Å². The summed E-state index contributed by atoms with van der Waals surface area (Å²) in [5.74, 6) is -0.353. The van der Waals surface area contributed by atoms with Crippen molar-refractivity contribution >= 4 is 35.0 Å². The molecular weight excluding hydrogens is 268 g/mol. The number of anilines is 3. The predicted molar refractivity (Wildman–Crippen MR) is 72.9 cm³/mol. The molecule has 0 aliphatic heterocycles. The summed E-state index contributed by atoms with van der Waals surface area (Å²) in [6.07, 6.45) is 0. The Morgan fingerprint density at radius 1 is 1.26 bits per heavy atom. The summed E-state index contributed by atoms with van der Waals surface area (Å²) < 4.78 is 0. The van der Waals surface area contributed by atoms with Crippen LogP contribution in [0.1, 0.15) is 0 Å². The minimum atomic E-state index is -0.999. The molecule has 0 aliphatic carbocycles. The third kappa shape index (κ3) is 4.11. The first-order chi connectivity index (χ1) is 9.13. The van der Waals surface area contributed by atoms with E-state index in [0.29, 0.717) is 5.82 Å². The second-order valence-corrected chi connectivity index (χ2v) is 4.03. The number of nitrogens with zero attached hydrogens (tertiary/aromatic N) is 2. The Balaban J connectivity index is 2.14. The quantitative estimate of drug-likeness (QED) is 0.728. The highest BCUT2D eigenvalue weighted by atomic mass is 35.5. The van der Waals surface area contributed by atoms with E-state index in [1.807, 2.05) is 30.3 Å². The predicted octanol–water partition coefficient (Wildman–Crippen LogP) is 2.37. The van der Waals surface area contributed by atoms with Gasteiger partial charge in [-0.25, -0.2) is 4.98 Å². The zero-order chi connectivity index (χ0) is 13.7. The maximum absolute atomic E-state index is 10.5. The lowest BCUT2D eigenvalue weighted by Gasteiger charge is -2.08. The molecule has 1 aromatic carbocycles. The van der Waals surface area contributed by atoms with E-state index in [-0.39, 0.29) is 17.6 Å². The molecule has 0 radical (unpaired) electrons. The monoisotopic (exact) mass is 278 g/mol. The van der Waals surface area contributed by atoms with E-state index in [2.05, 4.69) is 20.6 Å². The number of aliphatic carboxylic acids is 1. The number of carboxylic acid groups (broad SMARTS) is 1. The molecule has 0 saturated heterocycles. The Hall–Kier alpha value is -2.34. The summed E-state index contributed by atoms with van der Waals surface area (Å²) in [7, 11) is 0. The van der Waals surface area contributed by atoms with E-state index >= 15 is 0 Å². The summed E-state index contributed by atoms with van der Waals surface area (Å²) in [6.45, 7) is -0.273. The highest BCUT2D eigenvalue weighted by Gasteiger charge is 2.05. The number of aromatic nitrogens is 2. The van der Waals surface area contributed by atoms with Crippen LogP contribution in [0.4, 0.5) is 17.5 Å². The molecule has 2 rings (SSSR count). The van der Waals surface area contributed by atoms with Gasteiger partial charge in [-0.1, -0.05) is 29.8 Å². The largest absolute Gasteiger partial charge is 0.480 e. The normalized spacial score (nSPS) is 9.95. The van der Waals surface area contributed by atoms with Gasteiger partial charge >= 0.3 is 5.97 Å². The van der Waals surface area contributed by atoms with Gasteiger partial charge in [0.25, 0.3) is 0 Å². The maximum atomic E-state index is 10.5. The minimum Gasteiger partial charge on any atom is -0.480 e. The van der Waals surface area contributed by atoms with Crippen molar-refractivity contribution in [3.8, 4) is 0 Å². The molecule has 0 unspecified atom stereocenters. The Bertz CT molecular complexity index is 577. The summed E-state index contributed by atoms with van der Waals surface area (Å²) in [4.78, 5) is 18.5. The Morgan fingerprint density at radius 3 is 2.68 bits per heavy atom. The third-order valence-electron chi connectivity index (χ3n) is 2.14. The Kier molecular flexibility index (Phi) is 4.15. The molecule has 0 amide bonds. The average Bonchev–Trinajstić information content (AvgIpc) is 2.37. The van der Waals surface area contributed by atoms with Crippen molar-refractivity contribution in [3.05, 3.63) is 41.6 Å². The highest BCUT2D eigenvalue weighted by molar-refractivity contribution is 6.29. The Morgan fingerprint density at radius 2 is 2.00 bits per heavy atom. The van der Waals surface area contributed by atoms with Gasteiger partial charge in [-0.3, -0.25) is 4.79 Å². The van der Waals surface area contributed by atoms with Crippen LogP contribution >= 0.6 is 11.6 Å². The molecular formula is C12H11ClN4O2. The molecule has 0 spiro atoms. The second kappa shape index (κ2) is 6.01. The molecule has 0 saturated carbocycles. The first-order valence-corrected chi connectivity index (χ1v) is 5.83. The van der Waals surface area contributed by atoms with Gasteiger partial charge in [0.15, 0.2) is 0 Å². The molecule has 0 fully saturated rings. The van der Waals surface area contributed by atoms with Crippen LogP contribution in [-0.4, -0.2) is 27.6 Å². The van der Waals surface area contributed by atoms with Gasteiger partial charge < -0.3 is 15.7 Å². The van der Waals surface area contributed by atoms with Crippen molar-refractivity contribution in [2.24, 2.45) is 0 Å². The fourth-order valence-corrected chi connectivity index (χ4v) is 1.57. The fourth-order valence-electron chi connectivity index (χ4n) is 1.38. The van der Waals surface area contributed by atoms with Crippen LogP contribution < -0.4 is 10.6 Å². The minimum absolute atomic E-state index is 0.160. The summed E-state index contributed by atoms with van der Waals surface area (Å²) in [6, 6.07) is 11.0. The third-order valence-corrected chi connectivity index (χ3v) is 2.33. The van der Waals surface area contributed by atoms with Gasteiger partial charge in [0.05, 0.1) is 0 Å². The molecule has 0 bridgehead atoms. The van der Waals surface area contributed by atoms with Gasteiger partial charge in [-0.2, -0.15) is 4.98 Å². The number of para-hydroxylation sites is 1. The number of hydrogen-bond acceptors (Lipinski definition) is 5. The van der Waals surface area contributed by atoms with Gasteiger partial charge in [0, 0.05) is 11.8 Å². The zero-order valence-electron chi connectivity index (χ0n) is 9.80. The molecule has 1 aromatic heterocycles. The number of hydrogen-bond donors (Lipinski definition) is 3. The van der Waals surface area contributed by atoms with Gasteiger partial charge in [-0.05, 0) is 12.1 Å².